The van der Waals surface area contributed by atoms with Crippen molar-refractivity contribution in [2.24, 2.45) is 0 Å². The van der Waals surface area contributed by atoms with E-state index in [-0.39, 0.29) is 5.75 Å². The minimum Gasteiger partial charge on any atom is -0.406 e. The van der Waals surface area contributed by atoms with Crippen LogP contribution in [0.4, 0.5) is 13.2 Å². The van der Waals surface area contributed by atoms with Crippen LogP contribution in [0.2, 0.25) is 0 Å². The first-order valence-corrected chi connectivity index (χ1v) is 10.00. The van der Waals surface area contributed by atoms with E-state index in [0.717, 1.165) is 23.1 Å². The molecule has 0 saturated carbocycles. The Morgan fingerprint density at radius 3 is 1.70 bits per heavy atom. The molecule has 30 heavy (non-hydrogen) atoms. The van der Waals surface area contributed by atoms with Crippen LogP contribution in [-0.2, 0) is 6.42 Å². The Balaban J connectivity index is 1.62. The van der Waals surface area contributed by atoms with Crippen LogP contribution in [0, 0.1) is 11.8 Å². The summed E-state index contributed by atoms with van der Waals surface area (Å²) in [4.78, 5) is 0. The fraction of sp³-hybridized carbons (Fsp3) is 0.231. The van der Waals surface area contributed by atoms with E-state index in [9.17, 15) is 13.2 Å². The third-order valence-electron chi connectivity index (χ3n) is 4.68. The molecule has 0 aliphatic carbocycles. The molecule has 0 heterocycles. The standard InChI is InChI=1S/C26H23F3O/c1-2-3-4-5-20-8-14-23(15-9-20)24-16-10-21(11-17-24)6-7-22-12-18-25(19-13-22)30-26(27,28)29/h8-19H,2-5H2,1H3. The van der Waals surface area contributed by atoms with Gasteiger partial charge in [0.2, 0.25) is 0 Å². The van der Waals surface area contributed by atoms with Gasteiger partial charge in [0.1, 0.15) is 5.75 Å². The Kier molecular flexibility index (Phi) is 7.19. The fourth-order valence-electron chi connectivity index (χ4n) is 3.07. The van der Waals surface area contributed by atoms with Crippen molar-refractivity contribution in [2.75, 3.05) is 0 Å². The molecule has 0 aromatic heterocycles. The maximum atomic E-state index is 12.2. The van der Waals surface area contributed by atoms with Crippen molar-refractivity contribution < 1.29 is 17.9 Å². The van der Waals surface area contributed by atoms with Gasteiger partial charge >= 0.3 is 6.36 Å². The summed E-state index contributed by atoms with van der Waals surface area (Å²) in [7, 11) is 0. The first-order valence-electron chi connectivity index (χ1n) is 10.00. The molecule has 0 N–H and O–H groups in total. The number of rotatable bonds is 6. The highest BCUT2D eigenvalue weighted by atomic mass is 19.4. The van der Waals surface area contributed by atoms with E-state index in [1.165, 1.54) is 49.1 Å². The predicted octanol–water partition coefficient (Wildman–Crippen LogP) is 7.38. The Bertz CT molecular complexity index is 990. The van der Waals surface area contributed by atoms with Crippen molar-refractivity contribution in [1.29, 1.82) is 0 Å². The average molecular weight is 408 g/mol. The first kappa shape index (κ1) is 21.5. The van der Waals surface area contributed by atoms with Crippen molar-refractivity contribution in [3.63, 3.8) is 0 Å². The molecular weight excluding hydrogens is 385 g/mol. The lowest BCUT2D eigenvalue weighted by Gasteiger charge is -2.08. The second-order valence-corrected chi connectivity index (χ2v) is 7.05. The van der Waals surface area contributed by atoms with Crippen LogP contribution in [-0.4, -0.2) is 6.36 Å². The highest BCUT2D eigenvalue weighted by Gasteiger charge is 2.30. The molecule has 0 unspecified atom stereocenters. The van der Waals surface area contributed by atoms with Crippen molar-refractivity contribution in [2.45, 2.75) is 39.0 Å². The number of benzene rings is 3. The third-order valence-corrected chi connectivity index (χ3v) is 4.68. The van der Waals surface area contributed by atoms with Gasteiger partial charge in [-0.25, -0.2) is 0 Å². The monoisotopic (exact) mass is 408 g/mol. The molecule has 0 radical (unpaired) electrons. The minimum absolute atomic E-state index is 0.256. The summed E-state index contributed by atoms with van der Waals surface area (Å²) in [5.74, 6) is 5.73. The summed E-state index contributed by atoms with van der Waals surface area (Å²) in [6.07, 6.45) is 0.137. The third kappa shape index (κ3) is 6.70. The summed E-state index contributed by atoms with van der Waals surface area (Å²) < 4.78 is 40.5. The molecule has 3 rings (SSSR count). The van der Waals surface area contributed by atoms with E-state index < -0.39 is 6.36 Å². The molecule has 3 aromatic rings. The molecule has 1 nitrogen and oxygen atoms in total. The van der Waals surface area contributed by atoms with Gasteiger partial charge < -0.3 is 4.74 Å². The van der Waals surface area contributed by atoms with Crippen LogP contribution >= 0.6 is 0 Å². The SMILES string of the molecule is CCCCCc1ccc(-c2ccc(C#Cc3ccc(OC(F)(F)F)cc3)cc2)cc1. The van der Waals surface area contributed by atoms with E-state index in [1.807, 2.05) is 24.3 Å². The second-order valence-electron chi connectivity index (χ2n) is 7.05. The summed E-state index contributed by atoms with van der Waals surface area (Å²) in [6.45, 7) is 2.21. The van der Waals surface area contributed by atoms with Gasteiger partial charge in [0, 0.05) is 11.1 Å². The molecule has 0 aliphatic heterocycles. The molecule has 0 spiro atoms. The van der Waals surface area contributed by atoms with Crippen molar-refractivity contribution in [1.82, 2.24) is 0 Å². The lowest BCUT2D eigenvalue weighted by atomic mass is 10.0. The Labute approximate surface area is 175 Å². The molecule has 154 valence electrons. The lowest BCUT2D eigenvalue weighted by molar-refractivity contribution is -0.274. The molecular formula is C26H23F3O. The largest absolute Gasteiger partial charge is 0.573 e. The highest BCUT2D eigenvalue weighted by Crippen LogP contribution is 2.23. The topological polar surface area (TPSA) is 9.23 Å². The van der Waals surface area contributed by atoms with Gasteiger partial charge in [-0.15, -0.1) is 13.2 Å². The summed E-state index contributed by atoms with van der Waals surface area (Å²) in [5, 5.41) is 0. The molecule has 0 bridgehead atoms. The normalized spacial score (nSPS) is 10.9. The van der Waals surface area contributed by atoms with Gasteiger partial charge in [-0.1, -0.05) is 68.0 Å². The zero-order chi connectivity index (χ0) is 21.4. The van der Waals surface area contributed by atoms with E-state index in [2.05, 4.69) is 47.8 Å². The molecule has 0 amide bonds. The smallest absolute Gasteiger partial charge is 0.406 e. The molecule has 0 atom stereocenters. The zero-order valence-electron chi connectivity index (χ0n) is 16.8. The lowest BCUT2D eigenvalue weighted by Crippen LogP contribution is -2.16. The number of hydrogen-bond acceptors (Lipinski definition) is 1. The molecule has 3 aromatic carbocycles. The van der Waals surface area contributed by atoms with Crippen molar-refractivity contribution in [3.05, 3.63) is 89.5 Å². The second kappa shape index (κ2) is 10.0. The Hall–Kier alpha value is -3.19. The van der Waals surface area contributed by atoms with E-state index in [0.29, 0.717) is 5.56 Å². The van der Waals surface area contributed by atoms with Crippen molar-refractivity contribution >= 4 is 0 Å². The number of alkyl halides is 3. The number of hydrogen-bond donors (Lipinski definition) is 0. The number of aryl methyl sites for hydroxylation is 1. The summed E-state index contributed by atoms with van der Waals surface area (Å²) in [6, 6.07) is 22.1. The maximum Gasteiger partial charge on any atom is 0.573 e. The Morgan fingerprint density at radius 1 is 0.700 bits per heavy atom. The molecule has 4 heteroatoms. The van der Waals surface area contributed by atoms with Crippen LogP contribution < -0.4 is 4.74 Å². The molecule has 0 aliphatic rings. The van der Waals surface area contributed by atoms with Gasteiger partial charge in [-0.05, 0) is 65.9 Å². The van der Waals surface area contributed by atoms with Gasteiger partial charge in [-0.3, -0.25) is 0 Å². The number of unbranched alkanes of at least 4 members (excludes halogenated alkanes) is 2. The van der Waals surface area contributed by atoms with Gasteiger partial charge in [0.15, 0.2) is 0 Å². The molecule has 0 saturated heterocycles. The molecule has 0 fully saturated rings. The van der Waals surface area contributed by atoms with E-state index in [4.69, 9.17) is 0 Å². The zero-order valence-corrected chi connectivity index (χ0v) is 16.8. The minimum atomic E-state index is -4.69. The highest BCUT2D eigenvalue weighted by molar-refractivity contribution is 5.64. The van der Waals surface area contributed by atoms with Crippen LogP contribution in [0.25, 0.3) is 11.1 Å². The van der Waals surface area contributed by atoms with Crippen LogP contribution in [0.15, 0.2) is 72.8 Å². The number of halogens is 3. The first-order chi connectivity index (χ1) is 14.4. The van der Waals surface area contributed by atoms with Crippen molar-refractivity contribution in [3.8, 4) is 28.7 Å². The summed E-state index contributed by atoms with van der Waals surface area (Å²) in [5.41, 5.74) is 5.10. The van der Waals surface area contributed by atoms with Gasteiger partial charge in [0.25, 0.3) is 0 Å². The van der Waals surface area contributed by atoms with E-state index >= 15 is 0 Å². The van der Waals surface area contributed by atoms with Gasteiger partial charge in [0.05, 0.1) is 0 Å². The van der Waals surface area contributed by atoms with Crippen LogP contribution in [0.1, 0.15) is 42.9 Å². The van der Waals surface area contributed by atoms with Crippen LogP contribution in [0.5, 0.6) is 5.75 Å². The average Bonchev–Trinajstić information content (AvgIpc) is 2.73. The quantitative estimate of drug-likeness (QED) is 0.305. The maximum absolute atomic E-state index is 12.2. The Morgan fingerprint density at radius 2 is 1.20 bits per heavy atom. The summed E-state index contributed by atoms with van der Waals surface area (Å²) >= 11 is 0. The van der Waals surface area contributed by atoms with Gasteiger partial charge in [-0.2, -0.15) is 0 Å². The van der Waals surface area contributed by atoms with E-state index in [1.54, 1.807) is 0 Å². The fourth-order valence-corrected chi connectivity index (χ4v) is 3.07. The number of ether oxygens (including phenoxy) is 1. The predicted molar refractivity (Wildman–Crippen MR) is 114 cm³/mol. The van der Waals surface area contributed by atoms with Crippen LogP contribution in [0.3, 0.4) is 0 Å².